The van der Waals surface area contributed by atoms with Gasteiger partial charge in [0.25, 0.3) is 5.56 Å². The standard InChI is InChI=1S/C14H20N4O/c1-14(2,3)9-8-16-18-12(19)7-11(17-13(9)18)10-5-4-6-15-10/h7-8,10,15-16H,4-6H2,1-3H3. The summed E-state index contributed by atoms with van der Waals surface area (Å²) in [6.07, 6.45) is 4.08. The van der Waals surface area contributed by atoms with Crippen molar-refractivity contribution < 1.29 is 0 Å². The molecule has 19 heavy (non-hydrogen) atoms. The molecule has 3 heterocycles. The first-order chi connectivity index (χ1) is 8.97. The number of fused-ring (bicyclic) bond motifs is 1. The highest BCUT2D eigenvalue weighted by Crippen LogP contribution is 2.26. The van der Waals surface area contributed by atoms with E-state index in [1.54, 1.807) is 6.07 Å². The monoisotopic (exact) mass is 260 g/mol. The lowest BCUT2D eigenvalue weighted by molar-refractivity contribution is 0.591. The molecule has 2 aromatic rings. The first kappa shape index (κ1) is 12.4. The minimum Gasteiger partial charge on any atom is -0.309 e. The quantitative estimate of drug-likeness (QED) is 0.821. The maximum atomic E-state index is 12.2. The van der Waals surface area contributed by atoms with Crippen molar-refractivity contribution in [3.05, 3.63) is 33.9 Å². The molecule has 2 N–H and O–H groups in total. The second-order valence-electron chi connectivity index (χ2n) is 6.26. The highest BCUT2D eigenvalue weighted by atomic mass is 16.1. The molecule has 2 aromatic heterocycles. The minimum atomic E-state index is -0.0378. The molecule has 5 heteroatoms. The lowest BCUT2D eigenvalue weighted by Crippen LogP contribution is -2.22. The average molecular weight is 260 g/mol. The van der Waals surface area contributed by atoms with Gasteiger partial charge in [-0.15, -0.1) is 0 Å². The van der Waals surface area contributed by atoms with E-state index < -0.39 is 0 Å². The molecule has 1 aliphatic rings. The molecule has 0 aromatic carbocycles. The molecule has 0 aliphatic carbocycles. The third-order valence-corrected chi connectivity index (χ3v) is 3.74. The van der Waals surface area contributed by atoms with Crippen LogP contribution in [-0.2, 0) is 5.41 Å². The molecule has 0 spiro atoms. The summed E-state index contributed by atoms with van der Waals surface area (Å²) in [5.74, 6) is 0. The first-order valence-electron chi connectivity index (χ1n) is 6.82. The minimum absolute atomic E-state index is 0.0353. The second-order valence-corrected chi connectivity index (χ2v) is 6.26. The molecule has 1 atom stereocenters. The van der Waals surface area contributed by atoms with Gasteiger partial charge in [0.1, 0.15) is 0 Å². The number of aromatic amines is 1. The number of hydrogen-bond acceptors (Lipinski definition) is 3. The first-order valence-corrected chi connectivity index (χ1v) is 6.82. The SMILES string of the molecule is CC(C)(C)c1c[nH]n2c(=O)cc(C3CCCN3)nc12. The summed E-state index contributed by atoms with van der Waals surface area (Å²) in [6, 6.07) is 1.86. The Morgan fingerprint density at radius 1 is 1.42 bits per heavy atom. The van der Waals surface area contributed by atoms with Crippen molar-refractivity contribution in [2.24, 2.45) is 0 Å². The summed E-state index contributed by atoms with van der Waals surface area (Å²) < 4.78 is 1.53. The highest BCUT2D eigenvalue weighted by Gasteiger charge is 2.23. The Morgan fingerprint density at radius 2 is 2.21 bits per heavy atom. The van der Waals surface area contributed by atoms with Crippen LogP contribution in [0.4, 0.5) is 0 Å². The Kier molecular flexibility index (Phi) is 2.74. The van der Waals surface area contributed by atoms with Gasteiger partial charge in [-0.3, -0.25) is 9.89 Å². The zero-order valence-corrected chi connectivity index (χ0v) is 11.7. The van der Waals surface area contributed by atoms with Crippen LogP contribution in [0.2, 0.25) is 0 Å². The number of H-pyrrole nitrogens is 1. The lowest BCUT2D eigenvalue weighted by atomic mass is 9.89. The smallest absolute Gasteiger partial charge is 0.272 e. The third-order valence-electron chi connectivity index (χ3n) is 3.74. The van der Waals surface area contributed by atoms with E-state index in [0.29, 0.717) is 0 Å². The van der Waals surface area contributed by atoms with Crippen LogP contribution >= 0.6 is 0 Å². The number of nitrogens with one attached hydrogen (secondary N) is 2. The fourth-order valence-electron chi connectivity index (χ4n) is 2.67. The van der Waals surface area contributed by atoms with Gasteiger partial charge in [-0.25, -0.2) is 9.50 Å². The van der Waals surface area contributed by atoms with E-state index in [0.717, 1.165) is 36.3 Å². The van der Waals surface area contributed by atoms with Gasteiger partial charge >= 0.3 is 0 Å². The maximum absolute atomic E-state index is 12.2. The Balaban J connectivity index is 2.19. The van der Waals surface area contributed by atoms with Gasteiger partial charge in [-0.2, -0.15) is 0 Å². The molecule has 0 amide bonds. The molecule has 0 bridgehead atoms. The van der Waals surface area contributed by atoms with E-state index in [2.05, 4.69) is 31.2 Å². The van der Waals surface area contributed by atoms with E-state index in [9.17, 15) is 4.79 Å². The Bertz CT molecular complexity index is 656. The van der Waals surface area contributed by atoms with E-state index in [4.69, 9.17) is 4.98 Å². The van der Waals surface area contributed by atoms with Crippen molar-refractivity contribution in [3.8, 4) is 0 Å². The number of nitrogens with zero attached hydrogens (tertiary/aromatic N) is 2. The molecule has 5 nitrogen and oxygen atoms in total. The summed E-state index contributed by atoms with van der Waals surface area (Å²) in [6.45, 7) is 7.39. The van der Waals surface area contributed by atoms with Crippen LogP contribution in [0.3, 0.4) is 0 Å². The predicted molar refractivity (Wildman–Crippen MR) is 74.5 cm³/mol. The van der Waals surface area contributed by atoms with Crippen LogP contribution in [0.25, 0.3) is 5.65 Å². The van der Waals surface area contributed by atoms with Gasteiger partial charge in [-0.05, 0) is 24.8 Å². The van der Waals surface area contributed by atoms with Gasteiger partial charge in [0, 0.05) is 23.9 Å². The van der Waals surface area contributed by atoms with Crippen molar-refractivity contribution in [2.45, 2.75) is 45.1 Å². The molecule has 102 valence electrons. The Hall–Kier alpha value is -1.62. The Labute approximate surface area is 112 Å². The summed E-state index contributed by atoms with van der Waals surface area (Å²) >= 11 is 0. The average Bonchev–Trinajstić information content (AvgIpc) is 2.96. The van der Waals surface area contributed by atoms with Crippen LogP contribution in [0.1, 0.15) is 50.9 Å². The van der Waals surface area contributed by atoms with Gasteiger partial charge in [0.05, 0.1) is 5.69 Å². The predicted octanol–water partition coefficient (Wildman–Crippen LogP) is 1.74. The van der Waals surface area contributed by atoms with Gasteiger partial charge in [0.15, 0.2) is 5.65 Å². The largest absolute Gasteiger partial charge is 0.309 e. The molecule has 1 unspecified atom stereocenters. The molecule has 1 fully saturated rings. The van der Waals surface area contributed by atoms with E-state index in [1.807, 2.05) is 6.20 Å². The van der Waals surface area contributed by atoms with Crippen LogP contribution in [0.5, 0.6) is 0 Å². The fourth-order valence-corrected chi connectivity index (χ4v) is 2.67. The highest BCUT2D eigenvalue weighted by molar-refractivity contribution is 5.50. The van der Waals surface area contributed by atoms with Crippen molar-refractivity contribution in [3.63, 3.8) is 0 Å². The van der Waals surface area contributed by atoms with E-state index >= 15 is 0 Å². The number of aromatic nitrogens is 3. The van der Waals surface area contributed by atoms with Crippen molar-refractivity contribution in [2.75, 3.05) is 6.54 Å². The van der Waals surface area contributed by atoms with Crippen LogP contribution in [0.15, 0.2) is 17.1 Å². The molecular formula is C14H20N4O. The topological polar surface area (TPSA) is 62.2 Å². The van der Waals surface area contributed by atoms with Crippen molar-refractivity contribution in [1.29, 1.82) is 0 Å². The fraction of sp³-hybridized carbons (Fsp3) is 0.571. The van der Waals surface area contributed by atoms with Crippen LogP contribution in [-0.4, -0.2) is 21.1 Å². The summed E-state index contributed by atoms with van der Waals surface area (Å²) in [4.78, 5) is 16.9. The maximum Gasteiger partial charge on any atom is 0.272 e. The zero-order valence-electron chi connectivity index (χ0n) is 11.7. The molecule has 1 aliphatic heterocycles. The Morgan fingerprint density at radius 3 is 2.84 bits per heavy atom. The van der Waals surface area contributed by atoms with Crippen molar-refractivity contribution >= 4 is 5.65 Å². The molecule has 1 saturated heterocycles. The molecule has 0 radical (unpaired) electrons. The summed E-state index contributed by atoms with van der Waals surface area (Å²) in [7, 11) is 0. The normalized spacial score (nSPS) is 20.3. The lowest BCUT2D eigenvalue weighted by Gasteiger charge is -2.17. The van der Waals surface area contributed by atoms with Crippen LogP contribution in [0, 0.1) is 0 Å². The van der Waals surface area contributed by atoms with Gasteiger partial charge < -0.3 is 5.32 Å². The summed E-state index contributed by atoms with van der Waals surface area (Å²) in [5, 5.41) is 6.40. The second kappa shape index (κ2) is 4.20. The molecule has 3 rings (SSSR count). The zero-order chi connectivity index (χ0) is 13.6. The summed E-state index contributed by atoms with van der Waals surface area (Å²) in [5.41, 5.74) is 2.62. The third kappa shape index (κ3) is 2.08. The van der Waals surface area contributed by atoms with E-state index in [-0.39, 0.29) is 17.0 Å². The van der Waals surface area contributed by atoms with Crippen LogP contribution < -0.4 is 10.9 Å². The van der Waals surface area contributed by atoms with Gasteiger partial charge in [0.2, 0.25) is 0 Å². The van der Waals surface area contributed by atoms with Crippen molar-refractivity contribution in [1.82, 2.24) is 19.9 Å². The number of hydrogen-bond donors (Lipinski definition) is 2. The molecule has 0 saturated carbocycles. The number of rotatable bonds is 1. The van der Waals surface area contributed by atoms with Gasteiger partial charge in [-0.1, -0.05) is 20.8 Å². The molecular weight excluding hydrogens is 240 g/mol. The van der Waals surface area contributed by atoms with E-state index in [1.165, 1.54) is 4.52 Å².